The molecule has 0 aliphatic carbocycles. The van der Waals surface area contributed by atoms with E-state index in [4.69, 9.17) is 15.2 Å². The summed E-state index contributed by atoms with van der Waals surface area (Å²) in [5.41, 5.74) is 6.28. The predicted octanol–water partition coefficient (Wildman–Crippen LogP) is 2.37. The average Bonchev–Trinajstić information content (AvgIpc) is 2.57. The maximum absolute atomic E-state index is 14.4. The zero-order chi connectivity index (χ0) is 18.0. The quantitative estimate of drug-likeness (QED) is 0.738. The van der Waals surface area contributed by atoms with E-state index in [0.29, 0.717) is 5.69 Å². The van der Waals surface area contributed by atoms with Crippen molar-refractivity contribution < 1.29 is 18.7 Å². The minimum Gasteiger partial charge on any atom is -0.434 e. The minimum absolute atomic E-state index is 0.000550. The van der Waals surface area contributed by atoms with Crippen molar-refractivity contribution in [2.24, 2.45) is 5.73 Å². The number of anilines is 1. The molecule has 0 spiro atoms. The predicted molar refractivity (Wildman–Crippen MR) is 88.2 cm³/mol. The fourth-order valence-corrected chi connectivity index (χ4v) is 2.74. The second-order valence-electron chi connectivity index (χ2n) is 5.28. The van der Waals surface area contributed by atoms with Crippen molar-refractivity contribution in [3.63, 3.8) is 0 Å². The molecule has 2 aromatic rings. The fourth-order valence-electron chi connectivity index (χ4n) is 2.74. The van der Waals surface area contributed by atoms with Crippen LogP contribution in [0, 0.1) is 5.82 Å². The van der Waals surface area contributed by atoms with Gasteiger partial charge in [0.25, 0.3) is 5.56 Å². The molecule has 0 saturated heterocycles. The second kappa shape index (κ2) is 6.68. The Kier molecular flexibility index (Phi) is 4.42. The molecule has 3 rings (SSSR count). The maximum atomic E-state index is 14.4. The number of hydrogen-bond acceptors (Lipinski definition) is 6. The molecular formula is C17H16FN3O4. The highest BCUT2D eigenvalue weighted by atomic mass is 19.1. The summed E-state index contributed by atoms with van der Waals surface area (Å²) in [6.07, 6.45) is 0.455. The number of ether oxygens (including phenoxy) is 2. The average molecular weight is 345 g/mol. The number of hydrogen-bond donors (Lipinski definition) is 3. The number of allylic oxidation sites excluding steroid dienone is 1. The van der Waals surface area contributed by atoms with Crippen LogP contribution in [0.2, 0.25) is 0 Å². The first-order chi connectivity index (χ1) is 12.0. The Bertz CT molecular complexity index is 907. The number of rotatable bonds is 3. The molecular weight excluding hydrogens is 329 g/mol. The van der Waals surface area contributed by atoms with Gasteiger partial charge in [-0.15, -0.1) is 0 Å². The van der Waals surface area contributed by atoms with Crippen molar-refractivity contribution in [3.05, 3.63) is 75.4 Å². The molecule has 7 nitrogen and oxygen atoms in total. The highest BCUT2D eigenvalue weighted by Gasteiger charge is 2.35. The first kappa shape index (κ1) is 16.6. The van der Waals surface area contributed by atoms with Crippen LogP contribution in [0.3, 0.4) is 0 Å². The molecule has 1 aromatic heterocycles. The van der Waals surface area contributed by atoms with Gasteiger partial charge < -0.3 is 25.5 Å². The van der Waals surface area contributed by atoms with Gasteiger partial charge in [-0.25, -0.2) is 9.18 Å². The van der Waals surface area contributed by atoms with E-state index < -0.39 is 23.4 Å². The Morgan fingerprint density at radius 1 is 1.32 bits per heavy atom. The number of benzene rings is 1. The number of aromatic nitrogens is 1. The highest BCUT2D eigenvalue weighted by molar-refractivity contribution is 5.67. The topological polar surface area (TPSA) is 106 Å². The zero-order valence-corrected chi connectivity index (χ0v) is 13.3. The molecule has 25 heavy (non-hydrogen) atoms. The number of H-pyrrole nitrogens is 1. The smallest absolute Gasteiger partial charge is 0.434 e. The van der Waals surface area contributed by atoms with Gasteiger partial charge in [0.15, 0.2) is 5.76 Å². The van der Waals surface area contributed by atoms with E-state index in [-0.39, 0.29) is 29.3 Å². The SMILES string of the molecule is CCOC(=O)OC1=C(N)Nc2cc[nH]c(=O)c2C1c1ccccc1F. The molecule has 1 aromatic carbocycles. The number of pyridine rings is 1. The number of carbonyl (C=O) groups is 1. The molecule has 1 aliphatic heterocycles. The van der Waals surface area contributed by atoms with Gasteiger partial charge in [-0.3, -0.25) is 4.79 Å². The number of fused-ring (bicyclic) bond motifs is 1. The lowest BCUT2D eigenvalue weighted by molar-refractivity contribution is 0.0775. The van der Waals surface area contributed by atoms with Crippen molar-refractivity contribution in [1.29, 1.82) is 0 Å². The molecule has 1 unspecified atom stereocenters. The summed E-state index contributed by atoms with van der Waals surface area (Å²) in [6.45, 7) is 1.72. The first-order valence-corrected chi connectivity index (χ1v) is 7.60. The third-order valence-electron chi connectivity index (χ3n) is 3.76. The van der Waals surface area contributed by atoms with E-state index in [9.17, 15) is 14.0 Å². The number of halogens is 1. The monoisotopic (exact) mass is 345 g/mol. The lowest BCUT2D eigenvalue weighted by Crippen LogP contribution is -2.31. The fraction of sp³-hybridized carbons (Fsp3) is 0.176. The molecule has 4 N–H and O–H groups in total. The lowest BCUT2D eigenvalue weighted by Gasteiger charge is -2.28. The van der Waals surface area contributed by atoms with E-state index in [1.54, 1.807) is 19.1 Å². The van der Waals surface area contributed by atoms with E-state index >= 15 is 0 Å². The van der Waals surface area contributed by atoms with Crippen molar-refractivity contribution in [1.82, 2.24) is 4.98 Å². The summed E-state index contributed by atoms with van der Waals surface area (Å²) in [7, 11) is 0. The summed E-state index contributed by atoms with van der Waals surface area (Å²) >= 11 is 0. The van der Waals surface area contributed by atoms with E-state index in [2.05, 4.69) is 10.3 Å². The van der Waals surface area contributed by atoms with Gasteiger partial charge in [0, 0.05) is 11.8 Å². The number of nitrogens with two attached hydrogens (primary N) is 1. The number of nitrogens with one attached hydrogen (secondary N) is 2. The van der Waals surface area contributed by atoms with Crippen molar-refractivity contribution >= 4 is 11.8 Å². The summed E-state index contributed by atoms with van der Waals surface area (Å²) in [5, 5.41) is 2.80. The first-order valence-electron chi connectivity index (χ1n) is 7.60. The third kappa shape index (κ3) is 3.06. The minimum atomic E-state index is -0.994. The Balaban J connectivity index is 2.19. The zero-order valence-electron chi connectivity index (χ0n) is 13.3. The third-order valence-corrected chi connectivity index (χ3v) is 3.76. The van der Waals surface area contributed by atoms with Gasteiger partial charge in [0.05, 0.1) is 23.8 Å². The van der Waals surface area contributed by atoms with Crippen LogP contribution in [-0.4, -0.2) is 17.7 Å². The largest absolute Gasteiger partial charge is 0.513 e. The van der Waals surface area contributed by atoms with Crippen LogP contribution in [-0.2, 0) is 9.47 Å². The van der Waals surface area contributed by atoms with E-state index in [1.165, 1.54) is 24.4 Å². The molecule has 0 radical (unpaired) electrons. The van der Waals surface area contributed by atoms with E-state index in [1.807, 2.05) is 0 Å². The van der Waals surface area contributed by atoms with Crippen molar-refractivity contribution in [2.45, 2.75) is 12.8 Å². The molecule has 2 heterocycles. The van der Waals surface area contributed by atoms with E-state index in [0.717, 1.165) is 0 Å². The normalized spacial score (nSPS) is 16.0. The Hall–Kier alpha value is -3.29. The Morgan fingerprint density at radius 3 is 2.80 bits per heavy atom. The maximum Gasteiger partial charge on any atom is 0.513 e. The molecule has 0 saturated carbocycles. The van der Waals surface area contributed by atoms with Crippen molar-refractivity contribution in [3.8, 4) is 0 Å². The lowest BCUT2D eigenvalue weighted by atomic mass is 9.86. The van der Waals surface area contributed by atoms with Gasteiger partial charge in [-0.1, -0.05) is 18.2 Å². The molecule has 0 fully saturated rings. The van der Waals surface area contributed by atoms with Crippen LogP contribution < -0.4 is 16.6 Å². The van der Waals surface area contributed by atoms with Crippen molar-refractivity contribution in [2.75, 3.05) is 11.9 Å². The Labute approximate surface area is 142 Å². The summed E-state index contributed by atoms with van der Waals surface area (Å²) in [4.78, 5) is 26.7. The second-order valence-corrected chi connectivity index (χ2v) is 5.28. The van der Waals surface area contributed by atoms with Gasteiger partial charge in [0.2, 0.25) is 0 Å². The summed E-state index contributed by atoms with van der Waals surface area (Å²) in [6, 6.07) is 7.50. The van der Waals surface area contributed by atoms with Gasteiger partial charge in [-0.05, 0) is 19.1 Å². The van der Waals surface area contributed by atoms with Crippen LogP contribution in [0.1, 0.15) is 24.0 Å². The molecule has 8 heteroatoms. The van der Waals surface area contributed by atoms with Gasteiger partial charge in [-0.2, -0.15) is 0 Å². The van der Waals surface area contributed by atoms with Gasteiger partial charge in [0.1, 0.15) is 11.6 Å². The van der Waals surface area contributed by atoms with Crippen LogP contribution in [0.15, 0.2) is 52.9 Å². The molecule has 130 valence electrons. The molecule has 0 amide bonds. The number of carbonyl (C=O) groups excluding carboxylic acids is 1. The van der Waals surface area contributed by atoms with Crippen LogP contribution in [0.5, 0.6) is 0 Å². The molecule has 1 aliphatic rings. The van der Waals surface area contributed by atoms with Crippen LogP contribution >= 0.6 is 0 Å². The number of aromatic amines is 1. The van der Waals surface area contributed by atoms with Crippen LogP contribution in [0.25, 0.3) is 0 Å². The highest BCUT2D eigenvalue weighted by Crippen LogP contribution is 2.40. The Morgan fingerprint density at radius 2 is 2.08 bits per heavy atom. The van der Waals surface area contributed by atoms with Gasteiger partial charge >= 0.3 is 6.16 Å². The molecule has 1 atom stereocenters. The van der Waals surface area contributed by atoms with Crippen LogP contribution in [0.4, 0.5) is 14.9 Å². The standard InChI is InChI=1S/C17H16FN3O4/c1-2-24-17(23)25-14-12(9-5-3-4-6-10(9)18)13-11(21-15(14)19)7-8-20-16(13)22/h3-8,12,21H,2,19H2,1H3,(H,20,22). The molecule has 0 bridgehead atoms. The summed E-state index contributed by atoms with van der Waals surface area (Å²) < 4.78 is 24.4. The summed E-state index contributed by atoms with van der Waals surface area (Å²) in [5.74, 6) is -1.64.